The zero-order chi connectivity index (χ0) is 26.3. The number of halogens is 1. The molecule has 5 rings (SSSR count). The molecule has 1 fully saturated rings. The molecule has 2 aromatic carbocycles. The molecule has 1 unspecified atom stereocenters. The molecule has 2 N–H and O–H groups in total. The van der Waals surface area contributed by atoms with E-state index in [1.807, 2.05) is 12.1 Å². The van der Waals surface area contributed by atoms with E-state index in [0.717, 1.165) is 31.6 Å². The standard InChI is InChI=1S/C27H28FN5O3S/c1-32(2)19-11-12-33(16-19)25-10-8-18(14-30-25)31-26-21-13-17(20-5-4-6-22(28)27(20)34)7-9-23(21)29-15-24(26)37(3,35)36/h4-10,13-15,19,34H,11-12,16H2,1-3H3,(H,29,31). The Hall–Kier alpha value is -3.76. The average molecular weight is 522 g/mol. The SMILES string of the molecule is CN(C)C1CCN(c2ccc(Nc3c(S(C)(=O)=O)cnc4ccc(-c5cccc(F)c5O)cc34)cn2)C1. The van der Waals surface area contributed by atoms with Crippen molar-refractivity contribution in [2.45, 2.75) is 17.4 Å². The van der Waals surface area contributed by atoms with Gasteiger partial charge in [-0.15, -0.1) is 0 Å². The predicted molar refractivity (Wildman–Crippen MR) is 144 cm³/mol. The van der Waals surface area contributed by atoms with Crippen LogP contribution in [0.25, 0.3) is 22.0 Å². The summed E-state index contributed by atoms with van der Waals surface area (Å²) >= 11 is 0. The first-order valence-corrected chi connectivity index (χ1v) is 13.8. The maximum Gasteiger partial charge on any atom is 0.179 e. The lowest BCUT2D eigenvalue weighted by atomic mass is 10.0. The number of likely N-dealkylation sites (N-methyl/N-ethyl adjacent to an activating group) is 1. The zero-order valence-electron chi connectivity index (χ0n) is 20.8. The lowest BCUT2D eigenvalue weighted by Gasteiger charge is -2.21. The minimum atomic E-state index is -3.64. The largest absolute Gasteiger partial charge is 0.504 e. The van der Waals surface area contributed by atoms with E-state index in [9.17, 15) is 17.9 Å². The topological polar surface area (TPSA) is 98.7 Å². The average Bonchev–Trinajstić information content (AvgIpc) is 3.36. The van der Waals surface area contributed by atoms with E-state index in [-0.39, 0.29) is 4.90 Å². The van der Waals surface area contributed by atoms with Crippen LogP contribution in [0.3, 0.4) is 0 Å². The molecule has 1 saturated heterocycles. The van der Waals surface area contributed by atoms with Crippen molar-refractivity contribution >= 4 is 37.9 Å². The van der Waals surface area contributed by atoms with E-state index in [1.165, 1.54) is 18.3 Å². The van der Waals surface area contributed by atoms with Crippen molar-refractivity contribution in [2.75, 3.05) is 43.7 Å². The third kappa shape index (κ3) is 4.94. The van der Waals surface area contributed by atoms with Crippen LogP contribution in [0.4, 0.5) is 21.6 Å². The van der Waals surface area contributed by atoms with Gasteiger partial charge in [0.1, 0.15) is 10.7 Å². The number of anilines is 3. The summed E-state index contributed by atoms with van der Waals surface area (Å²) in [6.45, 7) is 1.82. The number of phenols is 1. The Labute approximate surface area is 215 Å². The number of sulfone groups is 1. The van der Waals surface area contributed by atoms with E-state index >= 15 is 0 Å². The third-order valence-corrected chi connectivity index (χ3v) is 7.87. The van der Waals surface area contributed by atoms with Crippen LogP contribution in [0.2, 0.25) is 0 Å². The van der Waals surface area contributed by atoms with Gasteiger partial charge in [-0.05, 0) is 56.4 Å². The van der Waals surface area contributed by atoms with Crippen molar-refractivity contribution in [2.24, 2.45) is 0 Å². The van der Waals surface area contributed by atoms with Crippen molar-refractivity contribution < 1.29 is 17.9 Å². The second-order valence-corrected chi connectivity index (χ2v) is 11.5. The molecule has 2 aromatic heterocycles. The monoisotopic (exact) mass is 521 g/mol. The van der Waals surface area contributed by atoms with E-state index in [4.69, 9.17) is 0 Å². The molecule has 192 valence electrons. The smallest absolute Gasteiger partial charge is 0.179 e. The fraction of sp³-hybridized carbons (Fsp3) is 0.259. The number of pyridine rings is 2. The molecule has 0 spiro atoms. The fourth-order valence-corrected chi connectivity index (χ4v) is 5.44. The maximum atomic E-state index is 14.0. The minimum absolute atomic E-state index is 0.0260. The summed E-state index contributed by atoms with van der Waals surface area (Å²) in [5.74, 6) is -0.344. The Balaban J connectivity index is 1.55. The molecule has 8 nitrogen and oxygen atoms in total. The van der Waals surface area contributed by atoms with Crippen LogP contribution in [0, 0.1) is 5.82 Å². The first kappa shape index (κ1) is 24.9. The summed E-state index contributed by atoms with van der Waals surface area (Å²) in [7, 11) is 0.514. The number of benzene rings is 2. The highest BCUT2D eigenvalue weighted by Gasteiger charge is 2.25. The first-order valence-electron chi connectivity index (χ1n) is 11.9. The summed E-state index contributed by atoms with van der Waals surface area (Å²) in [6, 6.07) is 13.7. The molecular weight excluding hydrogens is 493 g/mol. The van der Waals surface area contributed by atoms with Gasteiger partial charge in [0, 0.05) is 42.5 Å². The Kier molecular flexibility index (Phi) is 6.47. The van der Waals surface area contributed by atoms with Crippen LogP contribution < -0.4 is 10.2 Å². The number of nitrogens with one attached hydrogen (secondary N) is 1. The van der Waals surface area contributed by atoms with Crippen LogP contribution in [-0.4, -0.2) is 67.9 Å². The van der Waals surface area contributed by atoms with E-state index in [0.29, 0.717) is 39.4 Å². The molecule has 37 heavy (non-hydrogen) atoms. The fourth-order valence-electron chi connectivity index (χ4n) is 4.66. The minimum Gasteiger partial charge on any atom is -0.504 e. The second-order valence-electron chi connectivity index (χ2n) is 9.52. The quantitative estimate of drug-likeness (QED) is 0.385. The van der Waals surface area contributed by atoms with Crippen molar-refractivity contribution in [1.82, 2.24) is 14.9 Å². The number of para-hydroxylation sites is 1. The van der Waals surface area contributed by atoms with Gasteiger partial charge < -0.3 is 20.2 Å². The van der Waals surface area contributed by atoms with Gasteiger partial charge in [-0.25, -0.2) is 17.8 Å². The number of fused-ring (bicyclic) bond motifs is 1. The number of hydrogen-bond donors (Lipinski definition) is 2. The van der Waals surface area contributed by atoms with Gasteiger partial charge in [0.25, 0.3) is 0 Å². The van der Waals surface area contributed by atoms with E-state index in [2.05, 4.69) is 39.2 Å². The molecule has 0 amide bonds. The summed E-state index contributed by atoms with van der Waals surface area (Å²) in [6.07, 6.45) is 5.20. The van der Waals surface area contributed by atoms with Crippen LogP contribution in [0.15, 0.2) is 65.8 Å². The molecule has 0 aliphatic carbocycles. The lowest BCUT2D eigenvalue weighted by Crippen LogP contribution is -2.31. The number of nitrogens with zero attached hydrogens (tertiary/aromatic N) is 4. The van der Waals surface area contributed by atoms with Crippen molar-refractivity contribution in [3.8, 4) is 16.9 Å². The number of hydrogen-bond acceptors (Lipinski definition) is 8. The Morgan fingerprint density at radius 2 is 1.92 bits per heavy atom. The van der Waals surface area contributed by atoms with Crippen molar-refractivity contribution in [3.05, 3.63) is 66.7 Å². The number of aromatic hydroxyl groups is 1. The summed E-state index contributed by atoms with van der Waals surface area (Å²) in [5.41, 5.74) is 2.33. The van der Waals surface area contributed by atoms with Gasteiger partial charge in [0.15, 0.2) is 21.4 Å². The van der Waals surface area contributed by atoms with Crippen molar-refractivity contribution in [1.29, 1.82) is 0 Å². The summed E-state index contributed by atoms with van der Waals surface area (Å²) < 4.78 is 39.3. The maximum absolute atomic E-state index is 14.0. The van der Waals surface area contributed by atoms with Crippen LogP contribution in [-0.2, 0) is 9.84 Å². The van der Waals surface area contributed by atoms with Gasteiger partial charge in [-0.1, -0.05) is 18.2 Å². The zero-order valence-corrected chi connectivity index (χ0v) is 21.6. The molecule has 1 aliphatic rings. The molecule has 3 heterocycles. The van der Waals surface area contributed by atoms with Crippen molar-refractivity contribution in [3.63, 3.8) is 0 Å². The normalized spacial score (nSPS) is 16.0. The molecule has 1 aliphatic heterocycles. The molecule has 0 bridgehead atoms. The van der Waals surface area contributed by atoms with E-state index < -0.39 is 21.4 Å². The number of aromatic nitrogens is 2. The Morgan fingerprint density at radius 3 is 2.59 bits per heavy atom. The van der Waals surface area contributed by atoms with Crippen LogP contribution in [0.5, 0.6) is 5.75 Å². The van der Waals surface area contributed by atoms with Gasteiger partial charge >= 0.3 is 0 Å². The van der Waals surface area contributed by atoms with Crippen LogP contribution in [0.1, 0.15) is 6.42 Å². The molecule has 1 atom stereocenters. The highest BCUT2D eigenvalue weighted by molar-refractivity contribution is 7.90. The summed E-state index contributed by atoms with van der Waals surface area (Å²) in [4.78, 5) is 13.4. The predicted octanol–water partition coefficient (Wildman–Crippen LogP) is 4.43. The molecular formula is C27H28FN5O3S. The molecule has 0 radical (unpaired) electrons. The number of phenolic OH excluding ortho intramolecular Hbond substituents is 1. The highest BCUT2D eigenvalue weighted by atomic mass is 32.2. The first-order chi connectivity index (χ1) is 17.6. The third-order valence-electron chi connectivity index (χ3n) is 6.77. The molecule has 4 aromatic rings. The van der Waals surface area contributed by atoms with Gasteiger partial charge in [-0.3, -0.25) is 4.98 Å². The van der Waals surface area contributed by atoms with E-state index in [1.54, 1.807) is 30.5 Å². The Morgan fingerprint density at radius 1 is 1.11 bits per heavy atom. The van der Waals surface area contributed by atoms with Gasteiger partial charge in [0.05, 0.1) is 23.1 Å². The molecule has 10 heteroatoms. The highest BCUT2D eigenvalue weighted by Crippen LogP contribution is 2.37. The second kappa shape index (κ2) is 9.60. The lowest BCUT2D eigenvalue weighted by molar-refractivity contribution is 0.315. The van der Waals surface area contributed by atoms with Crippen LogP contribution >= 0.6 is 0 Å². The number of rotatable bonds is 6. The van der Waals surface area contributed by atoms with Gasteiger partial charge in [0.2, 0.25) is 0 Å². The van der Waals surface area contributed by atoms with Gasteiger partial charge in [-0.2, -0.15) is 0 Å². The summed E-state index contributed by atoms with van der Waals surface area (Å²) in [5, 5.41) is 14.0. The Bertz CT molecular complexity index is 1580. The molecule has 0 saturated carbocycles.